The van der Waals surface area contributed by atoms with Gasteiger partial charge in [0.2, 0.25) is 0 Å². The molecule has 0 aromatic carbocycles. The Hall–Kier alpha value is -0.120. The highest BCUT2D eigenvalue weighted by molar-refractivity contribution is 4.75. The van der Waals surface area contributed by atoms with E-state index in [-0.39, 0.29) is 0 Å². The van der Waals surface area contributed by atoms with E-state index in [4.69, 9.17) is 4.74 Å². The van der Waals surface area contributed by atoms with Gasteiger partial charge in [-0.2, -0.15) is 0 Å². The molecule has 2 heterocycles. The number of hydrogen-bond donors (Lipinski definition) is 1. The Kier molecular flexibility index (Phi) is 5.07. The van der Waals surface area contributed by atoms with Crippen LogP contribution >= 0.6 is 0 Å². The first-order valence-corrected chi connectivity index (χ1v) is 6.87. The van der Waals surface area contributed by atoms with Crippen molar-refractivity contribution >= 4 is 0 Å². The Morgan fingerprint density at radius 3 is 2.69 bits per heavy atom. The van der Waals surface area contributed by atoms with Gasteiger partial charge in [0.15, 0.2) is 0 Å². The van der Waals surface area contributed by atoms with E-state index in [1.165, 1.54) is 58.3 Å². The average molecular weight is 226 g/mol. The molecule has 0 amide bonds. The van der Waals surface area contributed by atoms with Crippen LogP contribution in [0.25, 0.3) is 0 Å². The minimum absolute atomic E-state index is 0.565. The maximum Gasteiger partial charge on any atom is 0.0588 e. The van der Waals surface area contributed by atoms with Crippen molar-refractivity contribution in [2.45, 2.75) is 38.2 Å². The first-order chi connectivity index (χ1) is 7.88. The minimum atomic E-state index is 0.565. The molecule has 1 N–H and O–H groups in total. The number of likely N-dealkylation sites (tertiary alicyclic amines) is 1. The SMILES string of the molecule is CNCC1CCN(CCC2CCCO2)CC1. The van der Waals surface area contributed by atoms with Crippen molar-refractivity contribution in [1.82, 2.24) is 10.2 Å². The van der Waals surface area contributed by atoms with Crippen molar-refractivity contribution in [2.75, 3.05) is 39.8 Å². The molecule has 94 valence electrons. The predicted molar refractivity (Wildman–Crippen MR) is 66.7 cm³/mol. The number of nitrogens with zero attached hydrogens (tertiary/aromatic N) is 1. The smallest absolute Gasteiger partial charge is 0.0588 e. The van der Waals surface area contributed by atoms with Crippen LogP contribution in [0.2, 0.25) is 0 Å². The van der Waals surface area contributed by atoms with Gasteiger partial charge < -0.3 is 15.0 Å². The summed E-state index contributed by atoms with van der Waals surface area (Å²) in [5.41, 5.74) is 0. The second-order valence-corrected chi connectivity index (χ2v) is 5.27. The molecule has 2 aliphatic heterocycles. The van der Waals surface area contributed by atoms with Crippen LogP contribution in [-0.4, -0.2) is 50.8 Å². The molecular formula is C13H26N2O. The molecule has 1 atom stereocenters. The monoisotopic (exact) mass is 226 g/mol. The Morgan fingerprint density at radius 1 is 1.25 bits per heavy atom. The molecule has 0 aromatic rings. The van der Waals surface area contributed by atoms with E-state index in [1.54, 1.807) is 0 Å². The van der Waals surface area contributed by atoms with Crippen LogP contribution < -0.4 is 5.32 Å². The molecule has 16 heavy (non-hydrogen) atoms. The lowest BCUT2D eigenvalue weighted by Gasteiger charge is -2.32. The van der Waals surface area contributed by atoms with Gasteiger partial charge in [-0.05, 0) is 64.7 Å². The first kappa shape index (κ1) is 12.3. The van der Waals surface area contributed by atoms with Crippen LogP contribution in [0.3, 0.4) is 0 Å². The summed E-state index contributed by atoms with van der Waals surface area (Å²) in [5.74, 6) is 0.906. The molecular weight excluding hydrogens is 200 g/mol. The van der Waals surface area contributed by atoms with Crippen molar-refractivity contribution in [3.05, 3.63) is 0 Å². The molecule has 0 bridgehead atoms. The average Bonchev–Trinajstić information content (AvgIpc) is 2.82. The zero-order valence-electron chi connectivity index (χ0n) is 10.6. The molecule has 0 saturated carbocycles. The van der Waals surface area contributed by atoms with Gasteiger partial charge in [-0.15, -0.1) is 0 Å². The normalized spacial score (nSPS) is 28.7. The van der Waals surface area contributed by atoms with Crippen LogP contribution in [-0.2, 0) is 4.74 Å². The molecule has 2 rings (SSSR count). The van der Waals surface area contributed by atoms with Crippen molar-refractivity contribution in [3.8, 4) is 0 Å². The maximum atomic E-state index is 5.67. The highest BCUT2D eigenvalue weighted by atomic mass is 16.5. The second-order valence-electron chi connectivity index (χ2n) is 5.27. The predicted octanol–water partition coefficient (Wildman–Crippen LogP) is 1.49. The molecule has 0 aromatic heterocycles. The molecule has 2 aliphatic rings. The third-order valence-electron chi connectivity index (χ3n) is 3.99. The summed E-state index contributed by atoms with van der Waals surface area (Å²) >= 11 is 0. The number of rotatable bonds is 5. The lowest BCUT2D eigenvalue weighted by molar-refractivity contribution is 0.0851. The van der Waals surface area contributed by atoms with Crippen LogP contribution in [0.1, 0.15) is 32.1 Å². The minimum Gasteiger partial charge on any atom is -0.378 e. The Morgan fingerprint density at radius 2 is 2.06 bits per heavy atom. The van der Waals surface area contributed by atoms with Gasteiger partial charge in [0.05, 0.1) is 6.10 Å². The molecule has 0 radical (unpaired) electrons. The summed E-state index contributed by atoms with van der Waals surface area (Å²) in [6.45, 7) is 6.02. The summed E-state index contributed by atoms with van der Waals surface area (Å²) in [6.07, 6.45) is 7.11. The number of nitrogens with one attached hydrogen (secondary N) is 1. The molecule has 2 fully saturated rings. The van der Waals surface area contributed by atoms with Crippen molar-refractivity contribution in [3.63, 3.8) is 0 Å². The van der Waals surface area contributed by atoms with Crippen molar-refractivity contribution in [2.24, 2.45) is 5.92 Å². The third-order valence-corrected chi connectivity index (χ3v) is 3.99. The van der Waals surface area contributed by atoms with E-state index in [0.29, 0.717) is 6.10 Å². The van der Waals surface area contributed by atoms with Crippen molar-refractivity contribution < 1.29 is 4.74 Å². The van der Waals surface area contributed by atoms with Gasteiger partial charge in [-0.25, -0.2) is 0 Å². The van der Waals surface area contributed by atoms with E-state index in [2.05, 4.69) is 17.3 Å². The summed E-state index contributed by atoms with van der Waals surface area (Å²) in [7, 11) is 2.06. The van der Waals surface area contributed by atoms with Crippen LogP contribution in [0.15, 0.2) is 0 Å². The fourth-order valence-corrected chi connectivity index (χ4v) is 2.90. The third kappa shape index (κ3) is 3.72. The highest BCUT2D eigenvalue weighted by Gasteiger charge is 2.20. The topological polar surface area (TPSA) is 24.5 Å². The van der Waals surface area contributed by atoms with E-state index >= 15 is 0 Å². The number of piperidine rings is 1. The van der Waals surface area contributed by atoms with Gasteiger partial charge in [0, 0.05) is 13.2 Å². The summed E-state index contributed by atoms with van der Waals surface area (Å²) < 4.78 is 5.67. The highest BCUT2D eigenvalue weighted by Crippen LogP contribution is 2.19. The Labute approximate surface area is 99.5 Å². The largest absolute Gasteiger partial charge is 0.378 e. The molecule has 0 spiro atoms. The zero-order chi connectivity index (χ0) is 11.2. The second kappa shape index (κ2) is 6.58. The molecule has 0 aliphatic carbocycles. The lowest BCUT2D eigenvalue weighted by atomic mass is 9.96. The van der Waals surface area contributed by atoms with E-state index in [1.807, 2.05) is 0 Å². The summed E-state index contributed by atoms with van der Waals surface area (Å²) in [4.78, 5) is 2.62. The fourth-order valence-electron chi connectivity index (χ4n) is 2.90. The molecule has 2 saturated heterocycles. The van der Waals surface area contributed by atoms with Gasteiger partial charge in [-0.3, -0.25) is 0 Å². The first-order valence-electron chi connectivity index (χ1n) is 6.87. The van der Waals surface area contributed by atoms with Gasteiger partial charge in [0.1, 0.15) is 0 Å². The Bertz CT molecular complexity index is 184. The fraction of sp³-hybridized carbons (Fsp3) is 1.00. The quantitative estimate of drug-likeness (QED) is 0.768. The van der Waals surface area contributed by atoms with E-state index in [0.717, 1.165) is 12.5 Å². The van der Waals surface area contributed by atoms with Crippen LogP contribution in [0, 0.1) is 5.92 Å². The van der Waals surface area contributed by atoms with E-state index < -0.39 is 0 Å². The zero-order valence-corrected chi connectivity index (χ0v) is 10.6. The maximum absolute atomic E-state index is 5.67. The number of hydrogen-bond acceptors (Lipinski definition) is 3. The van der Waals surface area contributed by atoms with Gasteiger partial charge >= 0.3 is 0 Å². The Balaban J connectivity index is 1.57. The van der Waals surface area contributed by atoms with Gasteiger partial charge in [0.25, 0.3) is 0 Å². The summed E-state index contributed by atoms with van der Waals surface area (Å²) in [5, 5.41) is 3.29. The number of ether oxygens (including phenoxy) is 1. The van der Waals surface area contributed by atoms with Gasteiger partial charge in [-0.1, -0.05) is 0 Å². The van der Waals surface area contributed by atoms with E-state index in [9.17, 15) is 0 Å². The molecule has 1 unspecified atom stereocenters. The molecule has 3 nitrogen and oxygen atoms in total. The van der Waals surface area contributed by atoms with Crippen LogP contribution in [0.4, 0.5) is 0 Å². The van der Waals surface area contributed by atoms with Crippen molar-refractivity contribution in [1.29, 1.82) is 0 Å². The standard InChI is InChI=1S/C13H26N2O/c1-14-11-12-4-7-15(8-5-12)9-6-13-3-2-10-16-13/h12-14H,2-11H2,1H3. The lowest BCUT2D eigenvalue weighted by Crippen LogP contribution is -2.38. The van der Waals surface area contributed by atoms with Crippen LogP contribution in [0.5, 0.6) is 0 Å². The summed E-state index contributed by atoms with van der Waals surface area (Å²) in [6, 6.07) is 0. The molecule has 3 heteroatoms.